The molecule has 1 N–H and O–H groups in total. The zero-order chi connectivity index (χ0) is 20.7. The van der Waals surface area contributed by atoms with Crippen LogP contribution in [-0.2, 0) is 23.2 Å². The van der Waals surface area contributed by atoms with Crippen LogP contribution in [-0.4, -0.2) is 48.1 Å². The summed E-state index contributed by atoms with van der Waals surface area (Å²) in [6, 6.07) is 2.75. The molecule has 2 aromatic rings. The first-order chi connectivity index (χ1) is 14.5. The van der Waals surface area contributed by atoms with Crippen LogP contribution in [0, 0.1) is 12.8 Å². The fourth-order valence-electron chi connectivity index (χ4n) is 5.25. The standard InChI is InChI=1S/C23H31N3O2S2/c1-3-18-12-19-20(30-18)4-9-28-23(19)5-7-26(8-6-23)14-16-10-17(11-16)25-22(27)21-13-24-15(2)29-21/h12-13,16-17H,3-11,14H2,1-2H3,(H,25,27). The molecule has 0 aromatic carbocycles. The first-order valence-corrected chi connectivity index (χ1v) is 12.9. The van der Waals surface area contributed by atoms with Gasteiger partial charge in [-0.05, 0) is 56.6 Å². The van der Waals surface area contributed by atoms with Gasteiger partial charge < -0.3 is 15.0 Å². The average molecular weight is 446 g/mol. The lowest BCUT2D eigenvalue weighted by molar-refractivity contribution is -0.0995. The van der Waals surface area contributed by atoms with E-state index in [-0.39, 0.29) is 11.5 Å². The van der Waals surface area contributed by atoms with Crippen molar-refractivity contribution in [2.45, 2.75) is 64.0 Å². The third-order valence-corrected chi connectivity index (χ3v) is 9.25. The number of nitrogens with zero attached hydrogens (tertiary/aromatic N) is 2. The highest BCUT2D eigenvalue weighted by Gasteiger charge is 2.42. The Balaban J connectivity index is 1.10. The van der Waals surface area contributed by atoms with Gasteiger partial charge in [0.25, 0.3) is 5.91 Å². The fraction of sp³-hybridized carbons (Fsp3) is 0.652. The smallest absolute Gasteiger partial charge is 0.263 e. The Morgan fingerprint density at radius 1 is 1.33 bits per heavy atom. The maximum Gasteiger partial charge on any atom is 0.263 e. The minimum Gasteiger partial charge on any atom is -0.370 e. The maximum absolute atomic E-state index is 12.3. The third-order valence-electron chi connectivity index (χ3n) is 7.00. The number of carbonyl (C=O) groups is 1. The molecule has 2 fully saturated rings. The molecule has 0 radical (unpaired) electrons. The normalized spacial score (nSPS) is 25.7. The quantitative estimate of drug-likeness (QED) is 0.751. The summed E-state index contributed by atoms with van der Waals surface area (Å²) in [7, 11) is 0. The topological polar surface area (TPSA) is 54.5 Å². The van der Waals surface area contributed by atoms with Crippen molar-refractivity contribution in [2.24, 2.45) is 5.92 Å². The molecule has 2 aromatic heterocycles. The molecule has 5 nitrogen and oxygen atoms in total. The van der Waals surface area contributed by atoms with Crippen molar-refractivity contribution in [1.82, 2.24) is 15.2 Å². The number of nitrogens with one attached hydrogen (secondary N) is 1. The maximum atomic E-state index is 12.3. The van der Waals surface area contributed by atoms with Gasteiger partial charge in [-0.2, -0.15) is 0 Å². The molecular weight excluding hydrogens is 414 g/mol. The zero-order valence-electron chi connectivity index (χ0n) is 17.9. The number of likely N-dealkylation sites (tertiary alicyclic amines) is 1. The number of piperidine rings is 1. The van der Waals surface area contributed by atoms with Crippen molar-refractivity contribution in [1.29, 1.82) is 0 Å². The minimum atomic E-state index is -0.0308. The summed E-state index contributed by atoms with van der Waals surface area (Å²) in [6.07, 6.45) is 8.30. The number of ether oxygens (including phenoxy) is 1. The number of amides is 1. The van der Waals surface area contributed by atoms with Crippen LogP contribution in [0.4, 0.5) is 0 Å². The number of rotatable bonds is 5. The van der Waals surface area contributed by atoms with Gasteiger partial charge in [0.2, 0.25) is 0 Å². The Labute approximate surface area is 186 Å². The lowest BCUT2D eigenvalue weighted by Crippen LogP contribution is -2.51. The van der Waals surface area contributed by atoms with Crippen LogP contribution < -0.4 is 5.32 Å². The van der Waals surface area contributed by atoms with Crippen molar-refractivity contribution in [3.05, 3.63) is 37.5 Å². The average Bonchev–Trinajstić information content (AvgIpc) is 3.35. The number of thiophene rings is 1. The van der Waals surface area contributed by atoms with E-state index in [0.717, 1.165) is 74.7 Å². The summed E-state index contributed by atoms with van der Waals surface area (Å²) >= 11 is 3.47. The monoisotopic (exact) mass is 445 g/mol. The van der Waals surface area contributed by atoms with E-state index < -0.39 is 0 Å². The highest BCUT2D eigenvalue weighted by Crippen LogP contribution is 2.45. The van der Waals surface area contributed by atoms with E-state index in [2.05, 4.69) is 28.2 Å². The van der Waals surface area contributed by atoms with Crippen molar-refractivity contribution >= 4 is 28.6 Å². The molecule has 0 bridgehead atoms. The molecule has 1 aliphatic carbocycles. The van der Waals surface area contributed by atoms with Gasteiger partial charge in [-0.1, -0.05) is 6.92 Å². The van der Waals surface area contributed by atoms with Crippen molar-refractivity contribution in [3.8, 4) is 0 Å². The zero-order valence-corrected chi connectivity index (χ0v) is 19.5. The Kier molecular flexibility index (Phi) is 5.73. The van der Waals surface area contributed by atoms with E-state index in [0.29, 0.717) is 12.0 Å². The highest BCUT2D eigenvalue weighted by molar-refractivity contribution is 7.13. The molecule has 162 valence electrons. The van der Waals surface area contributed by atoms with E-state index in [1.807, 2.05) is 18.3 Å². The number of hydrogen-bond acceptors (Lipinski definition) is 6. The highest BCUT2D eigenvalue weighted by atomic mass is 32.1. The molecule has 1 saturated heterocycles. The largest absolute Gasteiger partial charge is 0.370 e. The van der Waals surface area contributed by atoms with Crippen LogP contribution in [0.15, 0.2) is 12.3 Å². The Morgan fingerprint density at radius 2 is 2.13 bits per heavy atom. The van der Waals surface area contributed by atoms with Crippen LogP contribution >= 0.6 is 22.7 Å². The van der Waals surface area contributed by atoms with Crippen LogP contribution in [0.1, 0.15) is 62.6 Å². The van der Waals surface area contributed by atoms with Gasteiger partial charge in [0, 0.05) is 41.9 Å². The lowest BCUT2D eigenvalue weighted by Gasteiger charge is -2.46. The van der Waals surface area contributed by atoms with E-state index in [1.54, 1.807) is 11.1 Å². The molecule has 7 heteroatoms. The first kappa shape index (κ1) is 20.6. The van der Waals surface area contributed by atoms with Crippen LogP contribution in [0.5, 0.6) is 0 Å². The predicted octanol–water partition coefficient (Wildman–Crippen LogP) is 4.15. The number of aryl methyl sites for hydroxylation is 2. The number of aromatic nitrogens is 1. The summed E-state index contributed by atoms with van der Waals surface area (Å²) in [5.74, 6) is 0.736. The molecule has 4 heterocycles. The van der Waals surface area contributed by atoms with Crippen molar-refractivity contribution in [2.75, 3.05) is 26.2 Å². The molecule has 1 amide bonds. The van der Waals surface area contributed by atoms with Crippen LogP contribution in [0.25, 0.3) is 0 Å². The second-order valence-electron chi connectivity index (χ2n) is 9.05. The summed E-state index contributed by atoms with van der Waals surface area (Å²) < 4.78 is 6.42. The molecule has 0 unspecified atom stereocenters. The van der Waals surface area contributed by atoms with Crippen molar-refractivity contribution < 1.29 is 9.53 Å². The fourth-order valence-corrected chi connectivity index (χ4v) is 7.11. The van der Waals surface area contributed by atoms with Gasteiger partial charge in [-0.3, -0.25) is 4.79 Å². The predicted molar refractivity (Wildman–Crippen MR) is 122 cm³/mol. The molecule has 2 aliphatic heterocycles. The second-order valence-corrected chi connectivity index (χ2v) is 11.5. The SMILES string of the molecule is CCc1cc2c(s1)CCOC21CCN(CC2CC(NC(=O)c3cnc(C)s3)C2)CC1. The molecule has 1 spiro atoms. The first-order valence-electron chi connectivity index (χ1n) is 11.3. The summed E-state index contributed by atoms with van der Waals surface area (Å²) in [5.41, 5.74) is 1.47. The second kappa shape index (κ2) is 8.34. The number of carbonyl (C=O) groups excluding carboxylic acids is 1. The molecule has 30 heavy (non-hydrogen) atoms. The van der Waals surface area contributed by atoms with Gasteiger partial charge in [0.15, 0.2) is 0 Å². The van der Waals surface area contributed by atoms with E-state index >= 15 is 0 Å². The lowest BCUT2D eigenvalue weighted by atomic mass is 9.78. The molecule has 3 aliphatic rings. The molecule has 5 rings (SSSR count). The Hall–Kier alpha value is -1.28. The van der Waals surface area contributed by atoms with Crippen LogP contribution in [0.2, 0.25) is 0 Å². The summed E-state index contributed by atoms with van der Waals surface area (Å²) in [6.45, 7) is 8.44. The Morgan fingerprint density at radius 3 is 2.83 bits per heavy atom. The molecular formula is C23H31N3O2S2. The summed E-state index contributed by atoms with van der Waals surface area (Å²) in [5, 5.41) is 4.11. The third kappa shape index (κ3) is 3.97. The van der Waals surface area contributed by atoms with Crippen LogP contribution in [0.3, 0.4) is 0 Å². The summed E-state index contributed by atoms with van der Waals surface area (Å²) in [4.78, 5) is 22.9. The van der Waals surface area contributed by atoms with E-state index in [9.17, 15) is 4.79 Å². The number of thiazole rings is 1. The molecule has 1 saturated carbocycles. The van der Waals surface area contributed by atoms with Gasteiger partial charge in [-0.15, -0.1) is 22.7 Å². The van der Waals surface area contributed by atoms with Gasteiger partial charge >= 0.3 is 0 Å². The van der Waals surface area contributed by atoms with Gasteiger partial charge in [0.1, 0.15) is 4.88 Å². The van der Waals surface area contributed by atoms with Crippen molar-refractivity contribution in [3.63, 3.8) is 0 Å². The number of fused-ring (bicyclic) bond motifs is 2. The minimum absolute atomic E-state index is 0.0308. The van der Waals surface area contributed by atoms with E-state index in [4.69, 9.17) is 4.74 Å². The van der Waals surface area contributed by atoms with Gasteiger partial charge in [0.05, 0.1) is 23.4 Å². The Bertz CT molecular complexity index is 907. The molecule has 0 atom stereocenters. The van der Waals surface area contributed by atoms with Gasteiger partial charge in [-0.25, -0.2) is 4.98 Å². The number of hydrogen-bond donors (Lipinski definition) is 1. The van der Waals surface area contributed by atoms with E-state index in [1.165, 1.54) is 21.8 Å².